The van der Waals surface area contributed by atoms with Gasteiger partial charge in [0, 0.05) is 6.54 Å². The molecule has 94 valence electrons. The Morgan fingerprint density at radius 2 is 2.18 bits per heavy atom. The van der Waals surface area contributed by atoms with Crippen LogP contribution in [0.4, 0.5) is 0 Å². The molecule has 1 aromatic rings. The summed E-state index contributed by atoms with van der Waals surface area (Å²) in [5.74, 6) is -0.295. The topological polar surface area (TPSA) is 72.2 Å². The molecule has 0 heterocycles. The molecule has 0 aliphatic rings. The van der Waals surface area contributed by atoms with Gasteiger partial charge in [0.1, 0.15) is 5.75 Å². The SMILES string of the molecule is Cc1cccc(CCNS(=O)(=O)CC(N)=S)c1. The molecule has 6 heteroatoms. The molecule has 0 radical (unpaired) electrons. The van der Waals surface area contributed by atoms with E-state index in [9.17, 15) is 8.42 Å². The van der Waals surface area contributed by atoms with Gasteiger partial charge in [-0.15, -0.1) is 0 Å². The van der Waals surface area contributed by atoms with Crippen molar-refractivity contribution in [2.24, 2.45) is 5.73 Å². The Balaban J connectivity index is 2.45. The first kappa shape index (κ1) is 14.1. The number of aryl methyl sites for hydroxylation is 1. The zero-order valence-electron chi connectivity index (χ0n) is 9.64. The highest BCUT2D eigenvalue weighted by atomic mass is 32.2. The number of benzene rings is 1. The van der Waals surface area contributed by atoms with Crippen molar-refractivity contribution >= 4 is 27.2 Å². The molecular weight excluding hydrogens is 256 g/mol. The van der Waals surface area contributed by atoms with Crippen molar-refractivity contribution in [1.29, 1.82) is 0 Å². The molecule has 4 nitrogen and oxygen atoms in total. The zero-order chi connectivity index (χ0) is 12.9. The predicted molar refractivity (Wildman–Crippen MR) is 73.5 cm³/mol. The number of nitrogens with one attached hydrogen (secondary N) is 1. The summed E-state index contributed by atoms with van der Waals surface area (Å²) in [4.78, 5) is -0.0203. The number of hydrogen-bond acceptors (Lipinski definition) is 3. The van der Waals surface area contributed by atoms with E-state index >= 15 is 0 Å². The van der Waals surface area contributed by atoms with Crippen LogP contribution in [0.3, 0.4) is 0 Å². The van der Waals surface area contributed by atoms with Gasteiger partial charge in [0.05, 0.1) is 4.99 Å². The van der Waals surface area contributed by atoms with E-state index in [1.54, 1.807) is 0 Å². The van der Waals surface area contributed by atoms with Gasteiger partial charge in [-0.25, -0.2) is 13.1 Å². The van der Waals surface area contributed by atoms with Gasteiger partial charge in [0.2, 0.25) is 10.0 Å². The summed E-state index contributed by atoms with van der Waals surface area (Å²) in [6.45, 7) is 2.36. The lowest BCUT2D eigenvalue weighted by molar-refractivity contribution is 0.586. The van der Waals surface area contributed by atoms with E-state index < -0.39 is 10.0 Å². The Labute approximate surface area is 107 Å². The summed E-state index contributed by atoms with van der Waals surface area (Å²) < 4.78 is 25.3. The Bertz CT molecular complexity index is 498. The van der Waals surface area contributed by atoms with Crippen molar-refractivity contribution in [3.8, 4) is 0 Å². The normalized spacial score (nSPS) is 11.4. The molecule has 0 aromatic heterocycles. The molecule has 0 atom stereocenters. The number of hydrogen-bond donors (Lipinski definition) is 2. The highest BCUT2D eigenvalue weighted by Gasteiger charge is 2.10. The largest absolute Gasteiger partial charge is 0.392 e. The van der Waals surface area contributed by atoms with E-state index in [-0.39, 0.29) is 10.7 Å². The highest BCUT2D eigenvalue weighted by molar-refractivity contribution is 7.92. The summed E-state index contributed by atoms with van der Waals surface area (Å²) in [7, 11) is -3.38. The van der Waals surface area contributed by atoms with Crippen LogP contribution in [0.1, 0.15) is 11.1 Å². The second-order valence-corrected chi connectivity index (χ2v) is 6.19. The highest BCUT2D eigenvalue weighted by Crippen LogP contribution is 2.04. The first-order valence-electron chi connectivity index (χ1n) is 5.20. The van der Waals surface area contributed by atoms with Crippen LogP contribution in [0.5, 0.6) is 0 Å². The number of rotatable bonds is 6. The van der Waals surface area contributed by atoms with Crippen molar-refractivity contribution in [2.75, 3.05) is 12.3 Å². The van der Waals surface area contributed by atoms with Gasteiger partial charge in [-0.1, -0.05) is 42.0 Å². The Morgan fingerprint density at radius 3 is 2.76 bits per heavy atom. The minimum absolute atomic E-state index is 0.0203. The van der Waals surface area contributed by atoms with E-state index in [0.717, 1.165) is 11.1 Å². The Hall–Kier alpha value is -0.980. The molecule has 0 saturated heterocycles. The summed E-state index contributed by atoms with van der Waals surface area (Å²) in [5.41, 5.74) is 7.45. The smallest absolute Gasteiger partial charge is 0.218 e. The third kappa shape index (κ3) is 5.76. The maximum absolute atomic E-state index is 11.4. The third-order valence-electron chi connectivity index (χ3n) is 2.15. The fourth-order valence-electron chi connectivity index (χ4n) is 1.46. The molecule has 17 heavy (non-hydrogen) atoms. The molecule has 3 N–H and O–H groups in total. The number of sulfonamides is 1. The van der Waals surface area contributed by atoms with E-state index in [0.29, 0.717) is 13.0 Å². The Morgan fingerprint density at radius 1 is 1.47 bits per heavy atom. The maximum Gasteiger partial charge on any atom is 0.218 e. The lowest BCUT2D eigenvalue weighted by Gasteiger charge is -2.06. The van der Waals surface area contributed by atoms with Gasteiger partial charge in [-0.2, -0.15) is 0 Å². The second-order valence-electron chi connectivity index (χ2n) is 3.86. The molecule has 0 saturated carbocycles. The molecule has 0 bridgehead atoms. The van der Waals surface area contributed by atoms with Crippen molar-refractivity contribution in [3.63, 3.8) is 0 Å². The summed E-state index contributed by atoms with van der Waals surface area (Å²) in [6.07, 6.45) is 0.651. The van der Waals surface area contributed by atoms with Crippen LogP contribution >= 0.6 is 12.2 Å². The minimum Gasteiger partial charge on any atom is -0.392 e. The van der Waals surface area contributed by atoms with Gasteiger partial charge in [0.15, 0.2) is 0 Å². The molecule has 0 spiro atoms. The average Bonchev–Trinajstić information content (AvgIpc) is 2.15. The van der Waals surface area contributed by atoms with E-state index in [4.69, 9.17) is 5.73 Å². The predicted octanol–water partition coefficient (Wildman–Crippen LogP) is 0.743. The molecular formula is C11H16N2O2S2. The van der Waals surface area contributed by atoms with Crippen molar-refractivity contribution in [2.45, 2.75) is 13.3 Å². The molecule has 0 fully saturated rings. The second kappa shape index (κ2) is 6.09. The van der Waals surface area contributed by atoms with Gasteiger partial charge in [-0.3, -0.25) is 0 Å². The van der Waals surface area contributed by atoms with Crippen LogP contribution in [0.15, 0.2) is 24.3 Å². The lowest BCUT2D eigenvalue weighted by Crippen LogP contribution is -2.33. The van der Waals surface area contributed by atoms with Crippen LogP contribution in [0.2, 0.25) is 0 Å². The van der Waals surface area contributed by atoms with E-state index in [1.165, 1.54) is 0 Å². The van der Waals surface area contributed by atoms with E-state index in [2.05, 4.69) is 16.9 Å². The molecule has 0 unspecified atom stereocenters. The summed E-state index contributed by atoms with van der Waals surface area (Å²) in [6, 6.07) is 7.95. The van der Waals surface area contributed by atoms with Crippen molar-refractivity contribution in [1.82, 2.24) is 4.72 Å². The van der Waals surface area contributed by atoms with Crippen LogP contribution in [-0.4, -0.2) is 25.7 Å². The quantitative estimate of drug-likeness (QED) is 0.749. The van der Waals surface area contributed by atoms with Gasteiger partial charge < -0.3 is 5.73 Å². The van der Waals surface area contributed by atoms with Crippen LogP contribution in [0.25, 0.3) is 0 Å². The lowest BCUT2D eigenvalue weighted by atomic mass is 10.1. The fourth-order valence-corrected chi connectivity index (χ4v) is 2.81. The summed E-state index contributed by atoms with van der Waals surface area (Å²) >= 11 is 4.56. The minimum atomic E-state index is -3.38. The molecule has 0 aliphatic heterocycles. The zero-order valence-corrected chi connectivity index (χ0v) is 11.3. The standard InChI is InChI=1S/C11H16N2O2S2/c1-9-3-2-4-10(7-9)5-6-13-17(14,15)8-11(12)16/h2-4,7,13H,5-6,8H2,1H3,(H2,12,16). The Kier molecular flexibility index (Phi) is 5.04. The molecule has 0 amide bonds. The van der Waals surface area contributed by atoms with Crippen molar-refractivity contribution < 1.29 is 8.42 Å². The first-order valence-corrected chi connectivity index (χ1v) is 7.26. The maximum atomic E-state index is 11.4. The van der Waals surface area contributed by atoms with Gasteiger partial charge >= 0.3 is 0 Å². The van der Waals surface area contributed by atoms with Crippen LogP contribution in [-0.2, 0) is 16.4 Å². The van der Waals surface area contributed by atoms with Gasteiger partial charge in [-0.05, 0) is 18.9 Å². The third-order valence-corrected chi connectivity index (χ3v) is 3.81. The van der Waals surface area contributed by atoms with Gasteiger partial charge in [0.25, 0.3) is 0 Å². The number of nitrogens with two attached hydrogens (primary N) is 1. The number of thiocarbonyl (C=S) groups is 1. The monoisotopic (exact) mass is 272 g/mol. The molecule has 1 rings (SSSR count). The van der Waals surface area contributed by atoms with E-state index in [1.807, 2.05) is 31.2 Å². The van der Waals surface area contributed by atoms with Crippen LogP contribution < -0.4 is 10.5 Å². The average molecular weight is 272 g/mol. The van der Waals surface area contributed by atoms with Crippen molar-refractivity contribution in [3.05, 3.63) is 35.4 Å². The first-order chi connectivity index (χ1) is 7.89. The molecule has 0 aliphatic carbocycles. The summed E-state index contributed by atoms with van der Waals surface area (Å²) in [5, 5.41) is 0. The molecule has 1 aromatic carbocycles. The fraction of sp³-hybridized carbons (Fsp3) is 0.364. The van der Waals surface area contributed by atoms with Crippen LogP contribution in [0, 0.1) is 6.92 Å².